The Morgan fingerprint density at radius 1 is 1.03 bits per heavy atom. The van der Waals surface area contributed by atoms with Crippen LogP contribution in [0.25, 0.3) is 11.1 Å². The minimum atomic E-state index is -0.513. The zero-order valence-electron chi connectivity index (χ0n) is 18.5. The van der Waals surface area contributed by atoms with Crippen LogP contribution in [0.4, 0.5) is 0 Å². The van der Waals surface area contributed by atoms with E-state index >= 15 is 0 Å². The number of carbonyl (C=O) groups is 2. The first-order valence-corrected chi connectivity index (χ1v) is 10.9. The molecule has 0 atom stereocenters. The average Bonchev–Trinajstić information content (AvgIpc) is 2.74. The molecule has 30 heavy (non-hydrogen) atoms. The highest BCUT2D eigenvalue weighted by molar-refractivity contribution is 5.85. The molecule has 0 saturated carbocycles. The van der Waals surface area contributed by atoms with Crippen LogP contribution in [0.5, 0.6) is 0 Å². The number of nitrogens with zero attached hydrogens (tertiary/aromatic N) is 2. The topological polar surface area (TPSA) is 62.3 Å². The number of hydrogen-bond acceptors (Lipinski definition) is 3. The zero-order valence-corrected chi connectivity index (χ0v) is 18.5. The fourth-order valence-corrected chi connectivity index (χ4v) is 4.27. The molecule has 1 fully saturated rings. The molecule has 5 heteroatoms. The van der Waals surface area contributed by atoms with Gasteiger partial charge in [0.05, 0.1) is 5.41 Å². The van der Waals surface area contributed by atoms with Crippen molar-refractivity contribution < 1.29 is 9.59 Å². The summed E-state index contributed by atoms with van der Waals surface area (Å²) >= 11 is 0. The van der Waals surface area contributed by atoms with E-state index in [0.29, 0.717) is 32.4 Å². The molecular formula is C25H33N3O2. The molecular weight excluding hydrogens is 374 g/mol. The van der Waals surface area contributed by atoms with Crippen molar-refractivity contribution in [2.75, 3.05) is 13.1 Å². The number of nitrogens with one attached hydrogen (secondary N) is 1. The van der Waals surface area contributed by atoms with Gasteiger partial charge >= 0.3 is 0 Å². The number of likely N-dealkylation sites (tertiary alicyclic amines) is 1. The predicted molar refractivity (Wildman–Crippen MR) is 120 cm³/mol. The number of carbonyl (C=O) groups excluding carboxylic acids is 2. The first kappa shape index (κ1) is 22.0. The van der Waals surface area contributed by atoms with Gasteiger partial charge in [-0.1, -0.05) is 38.1 Å². The SMILES string of the molecule is CC(C)NC(=O)C1(Cc2ccccc2-c2ccncc2)CCN(C(=O)C(C)C)CC1. The summed E-state index contributed by atoms with van der Waals surface area (Å²) in [6, 6.07) is 12.4. The van der Waals surface area contributed by atoms with E-state index in [0.717, 1.165) is 16.7 Å². The third kappa shape index (κ3) is 4.89. The van der Waals surface area contributed by atoms with Crippen LogP contribution >= 0.6 is 0 Å². The van der Waals surface area contributed by atoms with Gasteiger partial charge in [0.1, 0.15) is 0 Å². The largest absolute Gasteiger partial charge is 0.353 e. The molecule has 1 aliphatic heterocycles. The van der Waals surface area contributed by atoms with Gasteiger partial charge in [-0.2, -0.15) is 0 Å². The fraction of sp³-hybridized carbons (Fsp3) is 0.480. The number of rotatable bonds is 6. The van der Waals surface area contributed by atoms with Crippen molar-refractivity contribution in [1.29, 1.82) is 0 Å². The predicted octanol–water partition coefficient (Wildman–Crippen LogP) is 4.08. The van der Waals surface area contributed by atoms with Crippen LogP contribution in [-0.2, 0) is 16.0 Å². The Morgan fingerprint density at radius 2 is 1.67 bits per heavy atom. The van der Waals surface area contributed by atoms with Gasteiger partial charge in [-0.05, 0) is 61.9 Å². The van der Waals surface area contributed by atoms with Crippen molar-refractivity contribution in [2.24, 2.45) is 11.3 Å². The summed E-state index contributed by atoms with van der Waals surface area (Å²) in [6.45, 7) is 9.10. The maximum Gasteiger partial charge on any atom is 0.226 e. The van der Waals surface area contributed by atoms with Crippen LogP contribution in [0.15, 0.2) is 48.8 Å². The Kier molecular flexibility index (Phi) is 6.91. The fourth-order valence-electron chi connectivity index (χ4n) is 4.27. The third-order valence-corrected chi connectivity index (χ3v) is 5.97. The van der Waals surface area contributed by atoms with Gasteiger partial charge < -0.3 is 10.2 Å². The molecule has 0 aliphatic carbocycles. The van der Waals surface area contributed by atoms with Crippen LogP contribution in [-0.4, -0.2) is 40.8 Å². The van der Waals surface area contributed by atoms with Crippen molar-refractivity contribution in [3.05, 3.63) is 54.4 Å². The first-order valence-electron chi connectivity index (χ1n) is 10.9. The Bertz CT molecular complexity index is 869. The van der Waals surface area contributed by atoms with Crippen LogP contribution in [0.3, 0.4) is 0 Å². The minimum absolute atomic E-state index is 0.0191. The van der Waals surface area contributed by atoms with E-state index < -0.39 is 5.41 Å². The number of benzene rings is 1. The first-order chi connectivity index (χ1) is 14.3. The lowest BCUT2D eigenvalue weighted by Crippen LogP contribution is -2.53. The summed E-state index contributed by atoms with van der Waals surface area (Å²) in [7, 11) is 0. The highest BCUT2D eigenvalue weighted by Gasteiger charge is 2.43. The van der Waals surface area contributed by atoms with Gasteiger partial charge in [0.2, 0.25) is 11.8 Å². The van der Waals surface area contributed by atoms with Crippen molar-refractivity contribution >= 4 is 11.8 Å². The maximum absolute atomic E-state index is 13.4. The third-order valence-electron chi connectivity index (χ3n) is 5.97. The van der Waals surface area contributed by atoms with Gasteiger partial charge in [0.25, 0.3) is 0 Å². The molecule has 2 heterocycles. The van der Waals surface area contributed by atoms with Crippen LogP contribution in [0.2, 0.25) is 0 Å². The second-order valence-electron chi connectivity index (χ2n) is 8.96. The molecule has 2 aromatic rings. The lowest BCUT2D eigenvalue weighted by Gasteiger charge is -2.42. The van der Waals surface area contributed by atoms with E-state index in [9.17, 15) is 9.59 Å². The van der Waals surface area contributed by atoms with E-state index in [-0.39, 0.29) is 23.8 Å². The molecule has 1 aliphatic rings. The number of piperidine rings is 1. The smallest absolute Gasteiger partial charge is 0.226 e. The maximum atomic E-state index is 13.4. The van der Waals surface area contributed by atoms with Crippen LogP contribution < -0.4 is 5.32 Å². The molecule has 160 valence electrons. The molecule has 1 N–H and O–H groups in total. The van der Waals surface area contributed by atoms with Crippen LogP contribution in [0, 0.1) is 11.3 Å². The van der Waals surface area contributed by atoms with E-state index in [1.165, 1.54) is 0 Å². The number of aromatic nitrogens is 1. The second kappa shape index (κ2) is 9.41. The summed E-state index contributed by atoms with van der Waals surface area (Å²) in [5.74, 6) is 0.248. The lowest BCUT2D eigenvalue weighted by molar-refractivity contribution is -0.142. The quantitative estimate of drug-likeness (QED) is 0.785. The average molecular weight is 408 g/mol. The standard InChI is InChI=1S/C25H33N3O2/c1-18(2)23(29)28-15-11-25(12-16-28,24(30)27-19(3)4)17-21-7-5-6-8-22(21)20-9-13-26-14-10-20/h5-10,13-14,18-19H,11-12,15-17H2,1-4H3,(H,27,30). The highest BCUT2D eigenvalue weighted by Crippen LogP contribution is 2.38. The van der Waals surface area contributed by atoms with Gasteiger partial charge in [-0.3, -0.25) is 14.6 Å². The summed E-state index contributed by atoms with van der Waals surface area (Å²) in [6.07, 6.45) is 5.60. The van der Waals surface area contributed by atoms with Gasteiger partial charge in [0, 0.05) is 37.4 Å². The molecule has 0 unspecified atom stereocenters. The van der Waals surface area contributed by atoms with Crippen molar-refractivity contribution in [3.63, 3.8) is 0 Å². The van der Waals surface area contributed by atoms with Gasteiger partial charge in [-0.25, -0.2) is 0 Å². The van der Waals surface area contributed by atoms with E-state index in [1.807, 2.05) is 56.9 Å². The van der Waals surface area contributed by atoms with Gasteiger partial charge in [-0.15, -0.1) is 0 Å². The Balaban J connectivity index is 1.91. The molecule has 5 nitrogen and oxygen atoms in total. The molecule has 2 amide bonds. The molecule has 0 spiro atoms. The Hall–Kier alpha value is -2.69. The summed E-state index contributed by atoms with van der Waals surface area (Å²) < 4.78 is 0. The Labute approximate surface area is 179 Å². The van der Waals surface area contributed by atoms with Crippen molar-refractivity contribution in [1.82, 2.24) is 15.2 Å². The number of hydrogen-bond donors (Lipinski definition) is 1. The minimum Gasteiger partial charge on any atom is -0.353 e. The summed E-state index contributed by atoms with van der Waals surface area (Å²) in [5.41, 5.74) is 2.89. The molecule has 1 aromatic carbocycles. The molecule has 0 radical (unpaired) electrons. The molecule has 1 aromatic heterocycles. The summed E-state index contributed by atoms with van der Waals surface area (Å²) in [4.78, 5) is 31.9. The summed E-state index contributed by atoms with van der Waals surface area (Å²) in [5, 5.41) is 3.15. The monoisotopic (exact) mass is 407 g/mol. The normalized spacial score (nSPS) is 16.0. The van der Waals surface area contributed by atoms with Gasteiger partial charge in [0.15, 0.2) is 0 Å². The van der Waals surface area contributed by atoms with Crippen molar-refractivity contribution in [3.8, 4) is 11.1 Å². The number of amides is 2. The Morgan fingerprint density at radius 3 is 2.27 bits per heavy atom. The van der Waals surface area contributed by atoms with E-state index in [1.54, 1.807) is 12.4 Å². The van der Waals surface area contributed by atoms with E-state index in [2.05, 4.69) is 22.4 Å². The highest BCUT2D eigenvalue weighted by atomic mass is 16.2. The van der Waals surface area contributed by atoms with E-state index in [4.69, 9.17) is 0 Å². The molecule has 3 rings (SSSR count). The molecule has 0 bridgehead atoms. The lowest BCUT2D eigenvalue weighted by atomic mass is 9.71. The van der Waals surface area contributed by atoms with Crippen molar-refractivity contribution in [2.45, 2.75) is 53.0 Å². The zero-order chi connectivity index (χ0) is 21.7. The number of pyridine rings is 1. The molecule has 1 saturated heterocycles. The van der Waals surface area contributed by atoms with Crippen LogP contribution in [0.1, 0.15) is 46.1 Å². The second-order valence-corrected chi connectivity index (χ2v) is 8.96.